The Morgan fingerprint density at radius 2 is 1.72 bits per heavy atom. The molecule has 2 aromatic carbocycles. The van der Waals surface area contributed by atoms with E-state index in [1.807, 2.05) is 42.5 Å². The summed E-state index contributed by atoms with van der Waals surface area (Å²) in [6, 6.07) is 17.1. The van der Waals surface area contributed by atoms with E-state index in [1.165, 1.54) is 0 Å². The highest BCUT2D eigenvalue weighted by molar-refractivity contribution is 6.07. The highest BCUT2D eigenvalue weighted by atomic mass is 16.5. The van der Waals surface area contributed by atoms with E-state index in [4.69, 9.17) is 4.74 Å². The Labute approximate surface area is 255 Å². The molecule has 0 atom stereocenters. The number of rotatable bonds is 11. The van der Waals surface area contributed by atoms with Gasteiger partial charge in [-0.05, 0) is 71.9 Å². The van der Waals surface area contributed by atoms with Crippen LogP contribution in [0.2, 0.25) is 0 Å². The predicted octanol–water partition coefficient (Wildman–Crippen LogP) is 7.66. The number of carbonyl (C=O) groups is 1. The van der Waals surface area contributed by atoms with Crippen molar-refractivity contribution in [3.05, 3.63) is 82.3 Å². The predicted molar refractivity (Wildman–Crippen MR) is 177 cm³/mol. The molecular weight excluding hydrogens is 538 g/mol. The molecule has 2 N–H and O–H groups in total. The Hall–Kier alpha value is -4.17. The van der Waals surface area contributed by atoms with E-state index in [2.05, 4.69) is 74.2 Å². The molecule has 8 nitrogen and oxygen atoms in total. The molecule has 2 heterocycles. The van der Waals surface area contributed by atoms with Crippen molar-refractivity contribution in [1.29, 1.82) is 0 Å². The smallest absolute Gasteiger partial charge is 0.323 e. The number of ether oxygens (including phenoxy) is 1. The molecule has 0 aliphatic rings. The number of amides is 2. The molecule has 4 rings (SSSR count). The van der Waals surface area contributed by atoms with Crippen LogP contribution in [0.5, 0.6) is 5.75 Å². The quantitative estimate of drug-likeness (QED) is 0.189. The van der Waals surface area contributed by atoms with Crippen LogP contribution in [-0.4, -0.2) is 40.7 Å². The van der Waals surface area contributed by atoms with Crippen LogP contribution in [0.3, 0.4) is 0 Å². The summed E-state index contributed by atoms with van der Waals surface area (Å²) < 4.78 is 7.04. The van der Waals surface area contributed by atoms with Gasteiger partial charge in [-0.15, -0.1) is 0 Å². The first-order valence-electron chi connectivity index (χ1n) is 15.2. The third-order valence-corrected chi connectivity index (χ3v) is 7.81. The van der Waals surface area contributed by atoms with Gasteiger partial charge in [-0.2, -0.15) is 0 Å². The van der Waals surface area contributed by atoms with Crippen molar-refractivity contribution in [2.45, 2.75) is 72.9 Å². The van der Waals surface area contributed by atoms with Crippen LogP contribution in [0.4, 0.5) is 16.2 Å². The standard InChI is InChI=1S/C35H45N5O3/c1-8-11-21-40-32-27(13-12-20-36-32)30(25-15-17-26(43-7)18-16-25)31(33(40)41)38-34(42)37-29-22-24(23-39(9-2)10-3)14-19-28(29)35(4,5)6/h12-20,22H,8-11,21,23H2,1-7H3,(H2,37,38,42). The van der Waals surface area contributed by atoms with Gasteiger partial charge in [0.25, 0.3) is 5.56 Å². The number of carbonyl (C=O) groups excluding carboxylic acids is 1. The highest BCUT2D eigenvalue weighted by Gasteiger charge is 2.23. The number of pyridine rings is 2. The molecule has 0 aliphatic carbocycles. The van der Waals surface area contributed by atoms with Crippen molar-refractivity contribution in [3.8, 4) is 16.9 Å². The molecular formula is C35H45N5O3. The molecule has 8 heteroatoms. The van der Waals surface area contributed by atoms with Gasteiger partial charge in [0.15, 0.2) is 0 Å². The van der Waals surface area contributed by atoms with E-state index in [9.17, 15) is 9.59 Å². The number of aryl methyl sites for hydroxylation is 1. The Morgan fingerprint density at radius 1 is 1.00 bits per heavy atom. The van der Waals surface area contributed by atoms with Crippen LogP contribution in [-0.2, 0) is 18.5 Å². The normalized spacial score (nSPS) is 11.6. The molecule has 2 amide bonds. The van der Waals surface area contributed by atoms with Gasteiger partial charge in [-0.1, -0.05) is 72.2 Å². The molecule has 228 valence electrons. The fourth-order valence-electron chi connectivity index (χ4n) is 5.40. The van der Waals surface area contributed by atoms with E-state index < -0.39 is 6.03 Å². The summed E-state index contributed by atoms with van der Waals surface area (Å²) >= 11 is 0. The number of nitrogens with zero attached hydrogens (tertiary/aromatic N) is 3. The number of anilines is 2. The summed E-state index contributed by atoms with van der Waals surface area (Å²) in [6.45, 7) is 15.9. The zero-order chi connectivity index (χ0) is 31.1. The molecule has 43 heavy (non-hydrogen) atoms. The van der Waals surface area contributed by atoms with Gasteiger partial charge in [0.05, 0.1) is 7.11 Å². The van der Waals surface area contributed by atoms with E-state index in [0.29, 0.717) is 23.5 Å². The van der Waals surface area contributed by atoms with Crippen molar-refractivity contribution in [2.24, 2.45) is 0 Å². The molecule has 2 aromatic heterocycles. The van der Waals surface area contributed by atoms with Crippen LogP contribution in [0.25, 0.3) is 22.2 Å². The second-order valence-corrected chi connectivity index (χ2v) is 11.8. The SMILES string of the molecule is CCCCn1c(=O)c(NC(=O)Nc2cc(CN(CC)CC)ccc2C(C)(C)C)c(-c2ccc(OC)cc2)c2cccnc21. The van der Waals surface area contributed by atoms with Gasteiger partial charge in [-0.3, -0.25) is 14.3 Å². The number of benzene rings is 2. The molecule has 4 aromatic rings. The molecule has 0 fully saturated rings. The van der Waals surface area contributed by atoms with Crippen LogP contribution in [0.1, 0.15) is 65.5 Å². The summed E-state index contributed by atoms with van der Waals surface area (Å²) in [5.74, 6) is 0.703. The van der Waals surface area contributed by atoms with Gasteiger partial charge in [-0.25, -0.2) is 9.78 Å². The van der Waals surface area contributed by atoms with Gasteiger partial charge in [0.1, 0.15) is 17.1 Å². The van der Waals surface area contributed by atoms with Crippen molar-refractivity contribution in [2.75, 3.05) is 30.8 Å². The van der Waals surface area contributed by atoms with E-state index >= 15 is 0 Å². The van der Waals surface area contributed by atoms with E-state index in [1.54, 1.807) is 17.9 Å². The first kappa shape index (κ1) is 31.8. The Balaban J connectivity index is 1.82. The van der Waals surface area contributed by atoms with Gasteiger partial charge in [0, 0.05) is 35.9 Å². The largest absolute Gasteiger partial charge is 0.497 e. The number of nitrogens with one attached hydrogen (secondary N) is 2. The minimum absolute atomic E-state index is 0.202. The average molecular weight is 584 g/mol. The molecule has 0 saturated carbocycles. The van der Waals surface area contributed by atoms with Crippen molar-refractivity contribution in [3.63, 3.8) is 0 Å². The van der Waals surface area contributed by atoms with E-state index in [-0.39, 0.29) is 16.7 Å². The number of unbranched alkanes of at least 4 members (excludes halogenated alkanes) is 1. The lowest BCUT2D eigenvalue weighted by molar-refractivity contribution is 0.262. The highest BCUT2D eigenvalue weighted by Crippen LogP contribution is 2.35. The van der Waals surface area contributed by atoms with Gasteiger partial charge >= 0.3 is 6.03 Å². The minimum atomic E-state index is -0.470. The lowest BCUT2D eigenvalue weighted by Crippen LogP contribution is -2.30. The zero-order valence-corrected chi connectivity index (χ0v) is 26.6. The summed E-state index contributed by atoms with van der Waals surface area (Å²) in [7, 11) is 1.61. The first-order valence-corrected chi connectivity index (χ1v) is 15.2. The second-order valence-electron chi connectivity index (χ2n) is 11.8. The van der Waals surface area contributed by atoms with Gasteiger partial charge < -0.3 is 15.4 Å². The topological polar surface area (TPSA) is 88.5 Å². The van der Waals surface area contributed by atoms with Crippen molar-refractivity contribution >= 4 is 28.4 Å². The lowest BCUT2D eigenvalue weighted by atomic mass is 9.85. The van der Waals surface area contributed by atoms with Crippen LogP contribution in [0.15, 0.2) is 65.6 Å². The second kappa shape index (κ2) is 13.9. The number of fused-ring (bicyclic) bond motifs is 1. The molecule has 0 aliphatic heterocycles. The molecule has 0 bridgehead atoms. The molecule has 0 unspecified atom stereocenters. The fourth-order valence-corrected chi connectivity index (χ4v) is 5.40. The third kappa shape index (κ3) is 7.25. The number of aromatic nitrogens is 2. The average Bonchev–Trinajstić information content (AvgIpc) is 2.99. The van der Waals surface area contributed by atoms with Crippen molar-refractivity contribution in [1.82, 2.24) is 14.5 Å². The number of hydrogen-bond donors (Lipinski definition) is 2. The zero-order valence-electron chi connectivity index (χ0n) is 26.6. The molecule has 0 spiro atoms. The van der Waals surface area contributed by atoms with Crippen molar-refractivity contribution < 1.29 is 9.53 Å². The number of methoxy groups -OCH3 is 1. The Morgan fingerprint density at radius 3 is 2.35 bits per heavy atom. The summed E-state index contributed by atoms with van der Waals surface area (Å²) in [5.41, 5.74) is 4.60. The number of hydrogen-bond acceptors (Lipinski definition) is 5. The summed E-state index contributed by atoms with van der Waals surface area (Å²) in [5, 5.41) is 6.86. The fraction of sp³-hybridized carbons (Fsp3) is 0.400. The van der Waals surface area contributed by atoms with Gasteiger partial charge in [0.2, 0.25) is 0 Å². The monoisotopic (exact) mass is 583 g/mol. The molecule has 0 saturated heterocycles. The minimum Gasteiger partial charge on any atom is -0.497 e. The van der Waals surface area contributed by atoms with Crippen LogP contribution >= 0.6 is 0 Å². The summed E-state index contributed by atoms with van der Waals surface area (Å²) in [6.07, 6.45) is 3.43. The first-order chi connectivity index (χ1) is 20.6. The number of urea groups is 1. The maximum absolute atomic E-state index is 14.1. The Bertz CT molecular complexity index is 1620. The Kier molecular flexibility index (Phi) is 10.2. The third-order valence-electron chi connectivity index (χ3n) is 7.81. The maximum Gasteiger partial charge on any atom is 0.323 e. The maximum atomic E-state index is 14.1. The summed E-state index contributed by atoms with van der Waals surface area (Å²) in [4.78, 5) is 34.8. The van der Waals surface area contributed by atoms with Crippen LogP contribution < -0.4 is 20.9 Å². The lowest BCUT2D eigenvalue weighted by Gasteiger charge is -2.25. The molecule has 0 radical (unpaired) electrons. The van der Waals surface area contributed by atoms with Crippen LogP contribution in [0, 0.1) is 0 Å². The van der Waals surface area contributed by atoms with E-state index in [0.717, 1.165) is 60.2 Å².